The Balaban J connectivity index is 2.15. The van der Waals surface area contributed by atoms with Gasteiger partial charge in [-0.3, -0.25) is 5.32 Å². The van der Waals surface area contributed by atoms with Gasteiger partial charge in [-0.25, -0.2) is 0 Å². The van der Waals surface area contributed by atoms with E-state index >= 15 is 0 Å². The first kappa shape index (κ1) is 12.0. The van der Waals surface area contributed by atoms with E-state index in [1.807, 2.05) is 6.92 Å². The number of aliphatic hydroxyl groups is 1. The third-order valence-corrected chi connectivity index (χ3v) is 2.84. The van der Waals surface area contributed by atoms with Gasteiger partial charge in [0, 0.05) is 6.54 Å². The first-order chi connectivity index (χ1) is 6.70. The fourth-order valence-corrected chi connectivity index (χ4v) is 1.55. The predicted molar refractivity (Wildman–Crippen MR) is 57.1 cm³/mol. The Labute approximate surface area is 86.8 Å². The number of rotatable bonds is 8. The predicted octanol–water partition coefficient (Wildman–Crippen LogP) is 1.65. The summed E-state index contributed by atoms with van der Waals surface area (Å²) in [6, 6.07) is 0. The molecule has 0 spiro atoms. The van der Waals surface area contributed by atoms with Crippen LogP contribution in [0.25, 0.3) is 0 Å². The number of ether oxygens (including phenoxy) is 1. The van der Waals surface area contributed by atoms with Crippen LogP contribution in [0.5, 0.6) is 0 Å². The van der Waals surface area contributed by atoms with Crippen LogP contribution in [0.15, 0.2) is 0 Å². The lowest BCUT2D eigenvalue weighted by molar-refractivity contribution is -0.00994. The van der Waals surface area contributed by atoms with Crippen LogP contribution in [0.1, 0.15) is 46.0 Å². The molecule has 0 aromatic carbocycles. The molecule has 0 bridgehead atoms. The quantitative estimate of drug-likeness (QED) is 0.356. The fraction of sp³-hybridized carbons (Fsp3) is 1.00. The lowest BCUT2D eigenvalue weighted by atomic mass is 10.0. The summed E-state index contributed by atoms with van der Waals surface area (Å²) >= 11 is 0. The third kappa shape index (κ3) is 4.40. The highest BCUT2D eigenvalue weighted by Gasteiger charge is 2.28. The minimum Gasteiger partial charge on any atom is -0.376 e. The fourth-order valence-electron chi connectivity index (χ4n) is 1.55. The van der Waals surface area contributed by atoms with Crippen molar-refractivity contribution in [3.8, 4) is 0 Å². The molecule has 0 saturated carbocycles. The number of unbranched alkanes of at least 4 members (excludes halogenated alkanes) is 2. The van der Waals surface area contributed by atoms with Crippen molar-refractivity contribution >= 4 is 0 Å². The van der Waals surface area contributed by atoms with Gasteiger partial charge >= 0.3 is 0 Å². The van der Waals surface area contributed by atoms with Crippen LogP contribution in [0.2, 0.25) is 0 Å². The molecule has 2 N–H and O–H groups in total. The summed E-state index contributed by atoms with van der Waals surface area (Å²) in [5.41, 5.74) is -0.666. The van der Waals surface area contributed by atoms with Gasteiger partial charge in [0.15, 0.2) is 0 Å². The summed E-state index contributed by atoms with van der Waals surface area (Å²) in [5.74, 6) is 0. The van der Waals surface area contributed by atoms with E-state index < -0.39 is 5.72 Å². The standard InChI is InChI=1S/C11H23NO2/c1-3-5-6-7-11(13,4-2)12-8-10-9-14-10/h10,12-13H,3-9H2,1-2H3. The lowest BCUT2D eigenvalue weighted by Crippen LogP contribution is -2.46. The molecule has 1 rings (SSSR count). The van der Waals surface area contributed by atoms with Crippen LogP contribution in [-0.4, -0.2) is 30.1 Å². The van der Waals surface area contributed by atoms with Crippen LogP contribution in [0.3, 0.4) is 0 Å². The molecule has 3 nitrogen and oxygen atoms in total. The summed E-state index contributed by atoms with van der Waals surface area (Å²) < 4.78 is 5.10. The zero-order valence-corrected chi connectivity index (χ0v) is 9.38. The van der Waals surface area contributed by atoms with Crippen LogP contribution in [0.4, 0.5) is 0 Å². The van der Waals surface area contributed by atoms with Crippen molar-refractivity contribution in [1.82, 2.24) is 5.32 Å². The van der Waals surface area contributed by atoms with Crippen molar-refractivity contribution in [1.29, 1.82) is 0 Å². The van der Waals surface area contributed by atoms with E-state index in [2.05, 4.69) is 12.2 Å². The topological polar surface area (TPSA) is 44.8 Å². The zero-order chi connectivity index (χ0) is 10.4. The zero-order valence-electron chi connectivity index (χ0n) is 9.38. The summed E-state index contributed by atoms with van der Waals surface area (Å²) in [6.07, 6.45) is 5.46. The van der Waals surface area contributed by atoms with Gasteiger partial charge in [-0.05, 0) is 19.3 Å². The maximum atomic E-state index is 10.2. The molecule has 84 valence electrons. The summed E-state index contributed by atoms with van der Waals surface area (Å²) in [5, 5.41) is 13.4. The molecule has 1 aliphatic heterocycles. The second-order valence-electron chi connectivity index (χ2n) is 4.18. The van der Waals surface area contributed by atoms with Crippen molar-refractivity contribution in [3.05, 3.63) is 0 Å². The number of hydrogen-bond acceptors (Lipinski definition) is 3. The molecule has 2 unspecified atom stereocenters. The smallest absolute Gasteiger partial charge is 0.115 e. The van der Waals surface area contributed by atoms with Gasteiger partial charge in [0.05, 0.1) is 12.7 Å². The minimum atomic E-state index is -0.666. The van der Waals surface area contributed by atoms with Crippen LogP contribution in [0, 0.1) is 0 Å². The number of epoxide rings is 1. The Morgan fingerprint density at radius 2 is 2.14 bits per heavy atom. The van der Waals surface area contributed by atoms with E-state index in [4.69, 9.17) is 4.74 Å². The van der Waals surface area contributed by atoms with Crippen molar-refractivity contribution < 1.29 is 9.84 Å². The Morgan fingerprint density at radius 1 is 1.43 bits per heavy atom. The van der Waals surface area contributed by atoms with E-state index in [9.17, 15) is 5.11 Å². The van der Waals surface area contributed by atoms with Crippen molar-refractivity contribution in [3.63, 3.8) is 0 Å². The molecule has 0 aromatic rings. The molecule has 1 heterocycles. The summed E-state index contributed by atoms with van der Waals surface area (Å²) in [4.78, 5) is 0. The van der Waals surface area contributed by atoms with Crippen molar-refractivity contribution in [2.75, 3.05) is 13.2 Å². The molecule has 1 fully saturated rings. The van der Waals surface area contributed by atoms with Gasteiger partial charge in [0.1, 0.15) is 5.72 Å². The molecular weight excluding hydrogens is 178 g/mol. The highest BCUT2D eigenvalue weighted by Crippen LogP contribution is 2.17. The number of hydrogen-bond donors (Lipinski definition) is 2. The first-order valence-electron chi connectivity index (χ1n) is 5.79. The largest absolute Gasteiger partial charge is 0.376 e. The monoisotopic (exact) mass is 201 g/mol. The molecule has 2 atom stereocenters. The molecule has 0 amide bonds. The second kappa shape index (κ2) is 5.69. The van der Waals surface area contributed by atoms with Gasteiger partial charge in [0.2, 0.25) is 0 Å². The Kier molecular flexibility index (Phi) is 4.85. The molecule has 3 heteroatoms. The van der Waals surface area contributed by atoms with E-state index in [0.29, 0.717) is 6.10 Å². The van der Waals surface area contributed by atoms with E-state index in [1.54, 1.807) is 0 Å². The molecule has 1 saturated heterocycles. The van der Waals surface area contributed by atoms with Gasteiger partial charge < -0.3 is 9.84 Å². The Hall–Kier alpha value is -0.120. The van der Waals surface area contributed by atoms with Crippen LogP contribution < -0.4 is 5.32 Å². The van der Waals surface area contributed by atoms with Crippen LogP contribution in [-0.2, 0) is 4.74 Å². The van der Waals surface area contributed by atoms with Crippen molar-refractivity contribution in [2.45, 2.75) is 57.8 Å². The van der Waals surface area contributed by atoms with Gasteiger partial charge in [-0.2, -0.15) is 0 Å². The van der Waals surface area contributed by atoms with E-state index in [1.165, 1.54) is 12.8 Å². The maximum absolute atomic E-state index is 10.2. The molecule has 0 radical (unpaired) electrons. The highest BCUT2D eigenvalue weighted by molar-refractivity contribution is 4.79. The van der Waals surface area contributed by atoms with Crippen LogP contribution >= 0.6 is 0 Å². The molecule has 14 heavy (non-hydrogen) atoms. The average molecular weight is 201 g/mol. The molecule has 0 aliphatic carbocycles. The van der Waals surface area contributed by atoms with E-state index in [0.717, 1.165) is 32.4 Å². The minimum absolute atomic E-state index is 0.347. The average Bonchev–Trinajstić information content (AvgIpc) is 2.99. The SMILES string of the molecule is CCCCCC(O)(CC)NCC1CO1. The normalized spacial score (nSPS) is 24.6. The van der Waals surface area contributed by atoms with Crippen molar-refractivity contribution in [2.24, 2.45) is 0 Å². The van der Waals surface area contributed by atoms with Gasteiger partial charge in [-0.15, -0.1) is 0 Å². The van der Waals surface area contributed by atoms with Gasteiger partial charge in [-0.1, -0.05) is 26.7 Å². The van der Waals surface area contributed by atoms with Gasteiger partial charge in [0.25, 0.3) is 0 Å². The number of nitrogens with one attached hydrogen (secondary N) is 1. The second-order valence-corrected chi connectivity index (χ2v) is 4.18. The molecule has 1 aliphatic rings. The summed E-state index contributed by atoms with van der Waals surface area (Å²) in [7, 11) is 0. The summed E-state index contributed by atoms with van der Waals surface area (Å²) in [6.45, 7) is 5.83. The maximum Gasteiger partial charge on any atom is 0.115 e. The third-order valence-electron chi connectivity index (χ3n) is 2.84. The molecule has 0 aromatic heterocycles. The molecular formula is C11H23NO2. The Bertz CT molecular complexity index is 159. The first-order valence-corrected chi connectivity index (χ1v) is 5.79. The lowest BCUT2D eigenvalue weighted by Gasteiger charge is -2.28. The van der Waals surface area contributed by atoms with E-state index in [-0.39, 0.29) is 0 Å². The Morgan fingerprint density at radius 3 is 2.64 bits per heavy atom. The highest BCUT2D eigenvalue weighted by atomic mass is 16.6.